The summed E-state index contributed by atoms with van der Waals surface area (Å²) in [5.74, 6) is 0.322. The largest absolute Gasteiger partial charge is 0.493 e. The van der Waals surface area contributed by atoms with Crippen LogP contribution in [0.25, 0.3) is 11.0 Å². The van der Waals surface area contributed by atoms with Gasteiger partial charge < -0.3 is 13.9 Å². The molecule has 0 bridgehead atoms. The van der Waals surface area contributed by atoms with Crippen LogP contribution in [-0.2, 0) is 0 Å². The fraction of sp³-hybridized carbons (Fsp3) is 0.158. The highest BCUT2D eigenvalue weighted by molar-refractivity contribution is 6.33. The monoisotopic (exact) mass is 417 g/mol. The summed E-state index contributed by atoms with van der Waals surface area (Å²) in [6, 6.07) is 8.68. The topological polar surface area (TPSA) is 116 Å². The van der Waals surface area contributed by atoms with E-state index in [4.69, 9.17) is 25.5 Å². The van der Waals surface area contributed by atoms with Gasteiger partial charge in [0, 0.05) is 29.1 Å². The second-order valence-electron chi connectivity index (χ2n) is 5.75. The van der Waals surface area contributed by atoms with Crippen molar-refractivity contribution < 1.29 is 23.6 Å². The second kappa shape index (κ2) is 8.61. The smallest absolute Gasteiger partial charge is 0.307 e. The van der Waals surface area contributed by atoms with Crippen LogP contribution >= 0.6 is 11.6 Å². The summed E-state index contributed by atoms with van der Waals surface area (Å²) in [7, 11) is 1.50. The molecule has 0 fully saturated rings. The first-order valence-corrected chi connectivity index (χ1v) is 8.82. The number of halogens is 1. The molecule has 0 aliphatic carbocycles. The number of amides is 1. The molecule has 3 aromatic rings. The summed E-state index contributed by atoms with van der Waals surface area (Å²) >= 11 is 6.21. The van der Waals surface area contributed by atoms with E-state index < -0.39 is 10.8 Å². The van der Waals surface area contributed by atoms with Crippen LogP contribution in [0.1, 0.15) is 23.0 Å². The van der Waals surface area contributed by atoms with Crippen molar-refractivity contribution >= 4 is 40.4 Å². The van der Waals surface area contributed by atoms with E-state index in [0.29, 0.717) is 39.7 Å². The number of ether oxygens (including phenoxy) is 2. The Bertz CT molecular complexity index is 1110. The third-order valence-corrected chi connectivity index (χ3v) is 4.21. The molecule has 0 aliphatic rings. The molecular formula is C19H16ClN3O6. The lowest BCUT2D eigenvalue weighted by Gasteiger charge is -2.10. The highest BCUT2D eigenvalue weighted by Crippen LogP contribution is 2.32. The van der Waals surface area contributed by atoms with Crippen molar-refractivity contribution in [1.82, 2.24) is 5.43 Å². The summed E-state index contributed by atoms with van der Waals surface area (Å²) in [6.07, 6.45) is 1.35. The summed E-state index contributed by atoms with van der Waals surface area (Å²) in [5.41, 5.74) is 3.09. The third kappa shape index (κ3) is 4.46. The summed E-state index contributed by atoms with van der Waals surface area (Å²) in [6.45, 7) is 2.30. The van der Waals surface area contributed by atoms with Crippen LogP contribution in [-0.4, -0.2) is 30.8 Å². The van der Waals surface area contributed by atoms with Gasteiger partial charge in [-0.2, -0.15) is 5.10 Å². The highest BCUT2D eigenvalue weighted by atomic mass is 35.5. The van der Waals surface area contributed by atoms with Crippen LogP contribution in [0.3, 0.4) is 0 Å². The number of carbonyl (C=O) groups is 1. The standard InChI is InChI=1S/C19H16ClN3O6/c1-3-28-17-9-14(20)12(8-16(17)27-2)10-21-22-19(24)18-7-11-6-13(23(25)26)4-5-15(11)29-18/h4-10H,3H2,1-2H3,(H,22,24)/b21-10+. The fourth-order valence-electron chi connectivity index (χ4n) is 2.55. The molecule has 1 amide bonds. The molecule has 10 heteroatoms. The normalized spacial score (nSPS) is 11.0. The average Bonchev–Trinajstić information content (AvgIpc) is 3.13. The van der Waals surface area contributed by atoms with Crippen molar-refractivity contribution in [2.75, 3.05) is 13.7 Å². The molecule has 0 atom stereocenters. The SMILES string of the molecule is CCOc1cc(Cl)c(/C=N/NC(=O)c2cc3cc([N+](=O)[O-])ccc3o2)cc1OC. The Morgan fingerprint density at radius 3 is 2.79 bits per heavy atom. The Balaban J connectivity index is 1.75. The van der Waals surface area contributed by atoms with Gasteiger partial charge in [-0.15, -0.1) is 0 Å². The van der Waals surface area contributed by atoms with Crippen LogP contribution in [0.5, 0.6) is 11.5 Å². The molecule has 1 aromatic heterocycles. The predicted octanol–water partition coefficient (Wildman–Crippen LogP) is 4.17. The van der Waals surface area contributed by atoms with Crippen LogP contribution in [0, 0.1) is 10.1 Å². The molecule has 1 N–H and O–H groups in total. The Morgan fingerprint density at radius 2 is 2.10 bits per heavy atom. The van der Waals surface area contributed by atoms with E-state index in [9.17, 15) is 14.9 Å². The molecule has 1 heterocycles. The van der Waals surface area contributed by atoms with Crippen molar-refractivity contribution in [3.05, 3.63) is 62.9 Å². The minimum Gasteiger partial charge on any atom is -0.493 e. The Kier molecular flexibility index (Phi) is 5.99. The maximum absolute atomic E-state index is 12.2. The Labute approximate surface area is 170 Å². The zero-order valence-corrected chi connectivity index (χ0v) is 16.2. The van der Waals surface area contributed by atoms with Crippen molar-refractivity contribution in [1.29, 1.82) is 0 Å². The Morgan fingerprint density at radius 1 is 1.31 bits per heavy atom. The Hall–Kier alpha value is -3.59. The molecule has 150 valence electrons. The highest BCUT2D eigenvalue weighted by Gasteiger charge is 2.15. The number of furan rings is 1. The number of rotatable bonds is 7. The molecule has 9 nitrogen and oxygen atoms in total. The predicted molar refractivity (Wildman–Crippen MR) is 107 cm³/mol. The van der Waals surface area contributed by atoms with Gasteiger partial charge >= 0.3 is 5.91 Å². The number of hydrogen-bond donors (Lipinski definition) is 1. The van der Waals surface area contributed by atoms with Crippen LogP contribution in [0.15, 0.2) is 45.9 Å². The van der Waals surface area contributed by atoms with E-state index in [2.05, 4.69) is 10.5 Å². The molecule has 0 radical (unpaired) electrons. The number of nitrogens with one attached hydrogen (secondary N) is 1. The van der Waals surface area contributed by atoms with E-state index in [1.807, 2.05) is 6.92 Å². The zero-order chi connectivity index (χ0) is 21.0. The van der Waals surface area contributed by atoms with Crippen LogP contribution in [0.4, 0.5) is 5.69 Å². The van der Waals surface area contributed by atoms with E-state index >= 15 is 0 Å². The first-order chi connectivity index (χ1) is 13.9. The number of nitrogens with zero attached hydrogens (tertiary/aromatic N) is 2. The number of hydrazone groups is 1. The van der Waals surface area contributed by atoms with Gasteiger partial charge in [-0.25, -0.2) is 5.43 Å². The zero-order valence-electron chi connectivity index (χ0n) is 15.5. The molecule has 2 aromatic carbocycles. The van der Waals surface area contributed by atoms with E-state index in [0.717, 1.165) is 0 Å². The van der Waals surface area contributed by atoms with Gasteiger partial charge in [-0.1, -0.05) is 11.6 Å². The van der Waals surface area contributed by atoms with Gasteiger partial charge in [0.05, 0.1) is 29.9 Å². The van der Waals surface area contributed by atoms with Gasteiger partial charge in [0.15, 0.2) is 17.3 Å². The maximum atomic E-state index is 12.2. The van der Waals surface area contributed by atoms with Gasteiger partial charge in [0.1, 0.15) is 5.58 Å². The summed E-state index contributed by atoms with van der Waals surface area (Å²) in [4.78, 5) is 22.6. The first-order valence-electron chi connectivity index (χ1n) is 8.44. The van der Waals surface area contributed by atoms with Crippen molar-refractivity contribution in [3.63, 3.8) is 0 Å². The number of nitro groups is 1. The van der Waals surface area contributed by atoms with Crippen molar-refractivity contribution in [2.24, 2.45) is 5.10 Å². The maximum Gasteiger partial charge on any atom is 0.307 e. The second-order valence-corrected chi connectivity index (χ2v) is 6.15. The van der Waals surface area contributed by atoms with Gasteiger partial charge in [-0.3, -0.25) is 14.9 Å². The van der Waals surface area contributed by atoms with E-state index in [-0.39, 0.29) is 11.4 Å². The number of benzene rings is 2. The molecular weight excluding hydrogens is 402 g/mol. The number of fused-ring (bicyclic) bond motifs is 1. The lowest BCUT2D eigenvalue weighted by molar-refractivity contribution is -0.384. The fourth-order valence-corrected chi connectivity index (χ4v) is 2.75. The first kappa shape index (κ1) is 20.2. The minimum atomic E-state index is -0.617. The number of non-ortho nitro benzene ring substituents is 1. The minimum absolute atomic E-state index is 0.0342. The van der Waals surface area contributed by atoms with Crippen molar-refractivity contribution in [3.8, 4) is 11.5 Å². The van der Waals surface area contributed by atoms with E-state index in [1.54, 1.807) is 12.1 Å². The quantitative estimate of drug-likeness (QED) is 0.350. The molecule has 0 unspecified atom stereocenters. The molecule has 0 aliphatic heterocycles. The lowest BCUT2D eigenvalue weighted by Crippen LogP contribution is -2.16. The van der Waals surface area contributed by atoms with Gasteiger partial charge in [-0.05, 0) is 25.1 Å². The van der Waals surface area contributed by atoms with Crippen molar-refractivity contribution in [2.45, 2.75) is 6.92 Å². The number of methoxy groups -OCH3 is 1. The molecule has 0 saturated heterocycles. The molecule has 0 saturated carbocycles. The number of nitro benzene ring substituents is 1. The summed E-state index contributed by atoms with van der Waals surface area (Å²) in [5, 5.41) is 15.5. The van der Waals surface area contributed by atoms with Crippen LogP contribution in [0.2, 0.25) is 5.02 Å². The van der Waals surface area contributed by atoms with Gasteiger partial charge in [0.25, 0.3) is 5.69 Å². The number of hydrogen-bond acceptors (Lipinski definition) is 7. The van der Waals surface area contributed by atoms with Gasteiger partial charge in [0.2, 0.25) is 0 Å². The molecule has 3 rings (SSSR count). The molecule has 0 spiro atoms. The average molecular weight is 418 g/mol. The van der Waals surface area contributed by atoms with Crippen LogP contribution < -0.4 is 14.9 Å². The van der Waals surface area contributed by atoms with E-state index in [1.165, 1.54) is 37.6 Å². The summed E-state index contributed by atoms with van der Waals surface area (Å²) < 4.78 is 16.1. The molecule has 29 heavy (non-hydrogen) atoms. The number of carbonyl (C=O) groups excluding carboxylic acids is 1. The lowest BCUT2D eigenvalue weighted by atomic mass is 10.2. The third-order valence-electron chi connectivity index (χ3n) is 3.89.